The van der Waals surface area contributed by atoms with E-state index in [-0.39, 0.29) is 5.54 Å². The first-order valence-corrected chi connectivity index (χ1v) is 6.09. The standard InChI is InChI=1S/C12H18N2O/c13-9-12(14-3-5-15-6-4-14)8-10-1-2-11(12)7-10/h10-11H,1-8H2. The van der Waals surface area contributed by atoms with E-state index < -0.39 is 0 Å². The van der Waals surface area contributed by atoms with Crippen molar-refractivity contribution in [3.05, 3.63) is 0 Å². The molecular formula is C12H18N2O. The van der Waals surface area contributed by atoms with Crippen LogP contribution in [-0.2, 0) is 4.74 Å². The van der Waals surface area contributed by atoms with Gasteiger partial charge in [-0.2, -0.15) is 5.26 Å². The van der Waals surface area contributed by atoms with Crippen molar-refractivity contribution in [3.8, 4) is 6.07 Å². The highest BCUT2D eigenvalue weighted by Gasteiger charge is 2.54. The van der Waals surface area contributed by atoms with Crippen LogP contribution in [0.1, 0.15) is 25.7 Å². The Morgan fingerprint density at radius 2 is 2.07 bits per heavy atom. The predicted molar refractivity (Wildman–Crippen MR) is 56.2 cm³/mol. The Labute approximate surface area is 91.0 Å². The highest BCUT2D eigenvalue weighted by molar-refractivity contribution is 5.19. The Kier molecular flexibility index (Phi) is 2.22. The SMILES string of the molecule is N#CC1(N2CCOCC2)CC2CCC1C2. The van der Waals surface area contributed by atoms with Gasteiger partial charge in [-0.3, -0.25) is 4.90 Å². The highest BCUT2D eigenvalue weighted by atomic mass is 16.5. The third kappa shape index (κ3) is 1.32. The summed E-state index contributed by atoms with van der Waals surface area (Å²) in [6.07, 6.45) is 5.05. The van der Waals surface area contributed by atoms with Crippen LogP contribution in [0.5, 0.6) is 0 Å². The molecule has 3 aliphatic rings. The quantitative estimate of drug-likeness (QED) is 0.650. The zero-order valence-electron chi connectivity index (χ0n) is 9.11. The molecule has 0 aromatic carbocycles. The van der Waals surface area contributed by atoms with Crippen LogP contribution in [-0.4, -0.2) is 36.7 Å². The number of nitriles is 1. The average Bonchev–Trinajstić information content (AvgIpc) is 2.90. The minimum atomic E-state index is -0.118. The van der Waals surface area contributed by atoms with Crippen LogP contribution >= 0.6 is 0 Å². The molecule has 2 bridgehead atoms. The van der Waals surface area contributed by atoms with Gasteiger partial charge in [0, 0.05) is 13.1 Å². The first-order valence-electron chi connectivity index (χ1n) is 6.09. The maximum Gasteiger partial charge on any atom is 0.112 e. The van der Waals surface area contributed by atoms with Gasteiger partial charge in [-0.15, -0.1) is 0 Å². The molecule has 3 nitrogen and oxygen atoms in total. The second kappa shape index (κ2) is 3.47. The minimum Gasteiger partial charge on any atom is -0.379 e. The van der Waals surface area contributed by atoms with E-state index in [1.54, 1.807) is 0 Å². The van der Waals surface area contributed by atoms with Crippen molar-refractivity contribution in [1.29, 1.82) is 5.26 Å². The van der Waals surface area contributed by atoms with Gasteiger partial charge in [-0.05, 0) is 37.5 Å². The molecule has 3 rings (SSSR count). The normalized spacial score (nSPS) is 45.5. The van der Waals surface area contributed by atoms with Crippen LogP contribution < -0.4 is 0 Å². The average molecular weight is 206 g/mol. The van der Waals surface area contributed by atoms with Gasteiger partial charge in [0.25, 0.3) is 0 Å². The fourth-order valence-electron chi connectivity index (χ4n) is 3.86. The summed E-state index contributed by atoms with van der Waals surface area (Å²) >= 11 is 0. The molecule has 0 amide bonds. The number of rotatable bonds is 1. The van der Waals surface area contributed by atoms with Crippen LogP contribution in [0.3, 0.4) is 0 Å². The predicted octanol–water partition coefficient (Wildman–Crippen LogP) is 1.40. The molecule has 0 aromatic heterocycles. The smallest absolute Gasteiger partial charge is 0.112 e. The van der Waals surface area contributed by atoms with Crippen LogP contribution in [0.25, 0.3) is 0 Å². The molecule has 3 heteroatoms. The van der Waals surface area contributed by atoms with Crippen molar-refractivity contribution < 1.29 is 4.74 Å². The minimum absolute atomic E-state index is 0.118. The lowest BCUT2D eigenvalue weighted by Crippen LogP contribution is -2.55. The molecule has 3 atom stereocenters. The summed E-state index contributed by atoms with van der Waals surface area (Å²) < 4.78 is 5.38. The summed E-state index contributed by atoms with van der Waals surface area (Å²) in [6, 6.07) is 2.65. The van der Waals surface area contributed by atoms with Crippen molar-refractivity contribution in [2.24, 2.45) is 11.8 Å². The van der Waals surface area contributed by atoms with E-state index in [0.29, 0.717) is 5.92 Å². The largest absolute Gasteiger partial charge is 0.379 e. The van der Waals surface area contributed by atoms with Gasteiger partial charge in [0.2, 0.25) is 0 Å². The van der Waals surface area contributed by atoms with E-state index in [0.717, 1.165) is 38.6 Å². The molecule has 2 saturated carbocycles. The van der Waals surface area contributed by atoms with Crippen LogP contribution in [0, 0.1) is 23.2 Å². The number of fused-ring (bicyclic) bond motifs is 2. The van der Waals surface area contributed by atoms with Gasteiger partial charge in [-0.25, -0.2) is 0 Å². The molecule has 3 fully saturated rings. The lowest BCUT2D eigenvalue weighted by atomic mass is 9.80. The molecule has 0 spiro atoms. The molecule has 15 heavy (non-hydrogen) atoms. The van der Waals surface area contributed by atoms with E-state index in [1.165, 1.54) is 19.3 Å². The van der Waals surface area contributed by atoms with Crippen molar-refractivity contribution >= 4 is 0 Å². The fourth-order valence-corrected chi connectivity index (χ4v) is 3.86. The zero-order chi connectivity index (χ0) is 10.3. The van der Waals surface area contributed by atoms with Gasteiger partial charge in [0.15, 0.2) is 0 Å². The number of hydrogen-bond acceptors (Lipinski definition) is 3. The van der Waals surface area contributed by atoms with E-state index in [1.807, 2.05) is 0 Å². The van der Waals surface area contributed by atoms with Gasteiger partial charge >= 0.3 is 0 Å². The lowest BCUT2D eigenvalue weighted by molar-refractivity contribution is -0.0212. The summed E-state index contributed by atoms with van der Waals surface area (Å²) in [5.74, 6) is 1.48. The number of hydrogen-bond donors (Lipinski definition) is 0. The van der Waals surface area contributed by atoms with Crippen LogP contribution in [0.4, 0.5) is 0 Å². The van der Waals surface area contributed by atoms with Crippen molar-refractivity contribution in [2.75, 3.05) is 26.3 Å². The Bertz CT molecular complexity index is 292. The lowest BCUT2D eigenvalue weighted by Gasteiger charge is -2.43. The fraction of sp³-hybridized carbons (Fsp3) is 0.917. The third-order valence-corrected chi connectivity index (χ3v) is 4.59. The number of morpholine rings is 1. The van der Waals surface area contributed by atoms with Crippen LogP contribution in [0.15, 0.2) is 0 Å². The first kappa shape index (κ1) is 9.62. The van der Waals surface area contributed by atoms with E-state index in [9.17, 15) is 5.26 Å². The molecule has 1 saturated heterocycles. The van der Waals surface area contributed by atoms with Crippen LogP contribution in [0.2, 0.25) is 0 Å². The summed E-state index contributed by atoms with van der Waals surface area (Å²) in [7, 11) is 0. The molecule has 0 N–H and O–H groups in total. The molecule has 82 valence electrons. The second-order valence-corrected chi connectivity index (χ2v) is 5.22. The maximum atomic E-state index is 9.56. The summed E-state index contributed by atoms with van der Waals surface area (Å²) in [4.78, 5) is 2.40. The summed E-state index contributed by atoms with van der Waals surface area (Å²) in [5.41, 5.74) is -0.118. The van der Waals surface area contributed by atoms with E-state index in [2.05, 4.69) is 11.0 Å². The molecular weight excluding hydrogens is 188 g/mol. The van der Waals surface area contributed by atoms with E-state index >= 15 is 0 Å². The first-order chi connectivity index (χ1) is 7.35. The Morgan fingerprint density at radius 3 is 2.60 bits per heavy atom. The number of ether oxygens (including phenoxy) is 1. The molecule has 1 heterocycles. The van der Waals surface area contributed by atoms with Crippen molar-refractivity contribution in [1.82, 2.24) is 4.90 Å². The van der Waals surface area contributed by atoms with Gasteiger partial charge < -0.3 is 4.74 Å². The van der Waals surface area contributed by atoms with E-state index in [4.69, 9.17) is 4.74 Å². The van der Waals surface area contributed by atoms with Gasteiger partial charge in [0.1, 0.15) is 5.54 Å². The van der Waals surface area contributed by atoms with Gasteiger partial charge in [-0.1, -0.05) is 0 Å². The molecule has 0 aromatic rings. The number of nitrogens with zero attached hydrogens (tertiary/aromatic N) is 2. The molecule has 1 aliphatic heterocycles. The molecule has 2 aliphatic carbocycles. The summed E-state index contributed by atoms with van der Waals surface area (Å²) in [6.45, 7) is 3.52. The molecule has 0 radical (unpaired) electrons. The maximum absolute atomic E-state index is 9.56. The molecule has 3 unspecified atom stereocenters. The van der Waals surface area contributed by atoms with Gasteiger partial charge in [0.05, 0.1) is 19.3 Å². The van der Waals surface area contributed by atoms with Crippen molar-refractivity contribution in [3.63, 3.8) is 0 Å². The Hall–Kier alpha value is -0.590. The summed E-state index contributed by atoms with van der Waals surface area (Å²) in [5, 5.41) is 9.56. The highest BCUT2D eigenvalue weighted by Crippen LogP contribution is 2.53. The topological polar surface area (TPSA) is 36.3 Å². The Balaban J connectivity index is 1.83. The monoisotopic (exact) mass is 206 g/mol. The zero-order valence-corrected chi connectivity index (χ0v) is 9.11. The van der Waals surface area contributed by atoms with Crippen molar-refractivity contribution in [2.45, 2.75) is 31.2 Å². The Morgan fingerprint density at radius 1 is 1.27 bits per heavy atom. The second-order valence-electron chi connectivity index (χ2n) is 5.22. The third-order valence-electron chi connectivity index (χ3n) is 4.59.